The zero-order chi connectivity index (χ0) is 12.4. The summed E-state index contributed by atoms with van der Waals surface area (Å²) >= 11 is 11.8. The summed E-state index contributed by atoms with van der Waals surface area (Å²) in [7, 11) is 0. The maximum absolute atomic E-state index is 11.3. The minimum absolute atomic E-state index is 0.223. The van der Waals surface area contributed by atoms with Crippen molar-refractivity contribution in [3.63, 3.8) is 0 Å². The lowest BCUT2D eigenvalue weighted by Crippen LogP contribution is -1.96. The van der Waals surface area contributed by atoms with E-state index in [2.05, 4.69) is 20.4 Å². The minimum atomic E-state index is -0.329. The fourth-order valence-corrected chi connectivity index (χ4v) is 1.57. The summed E-state index contributed by atoms with van der Waals surface area (Å²) in [6.07, 6.45) is 0. The van der Waals surface area contributed by atoms with Gasteiger partial charge in [0.2, 0.25) is 0 Å². The number of hydrogen-bond donors (Lipinski definition) is 2. The Morgan fingerprint density at radius 3 is 2.59 bits per heavy atom. The van der Waals surface area contributed by atoms with Gasteiger partial charge in [-0.1, -0.05) is 29.3 Å². The monoisotopic (exact) mass is 270 g/mol. The van der Waals surface area contributed by atoms with Crippen LogP contribution in [0.1, 0.15) is 5.69 Å². The van der Waals surface area contributed by atoms with E-state index < -0.39 is 0 Å². The normalized spacial score (nSPS) is 11.2. The van der Waals surface area contributed by atoms with Gasteiger partial charge in [-0.15, -0.1) is 10.2 Å². The molecular weight excluding hydrogens is 263 g/mol. The Morgan fingerprint density at radius 1 is 1.18 bits per heavy atom. The number of rotatable bonds is 2. The van der Waals surface area contributed by atoms with Gasteiger partial charge in [0, 0.05) is 0 Å². The molecule has 0 aliphatic rings. The largest absolute Gasteiger partial charge is 0.300 e. The number of halogens is 2. The molecule has 0 radical (unpaired) electrons. The topological polar surface area (TPSA) is 73.4 Å². The van der Waals surface area contributed by atoms with Gasteiger partial charge in [-0.25, -0.2) is 0 Å². The van der Waals surface area contributed by atoms with Gasteiger partial charge >= 0.3 is 0 Å². The minimum Gasteiger partial charge on any atom is -0.300 e. The second kappa shape index (κ2) is 4.73. The third-order valence-electron chi connectivity index (χ3n) is 2.12. The molecule has 0 unspecified atom stereocenters. The quantitative estimate of drug-likeness (QED) is 0.802. The van der Waals surface area contributed by atoms with E-state index >= 15 is 0 Å². The van der Waals surface area contributed by atoms with E-state index in [0.29, 0.717) is 21.4 Å². The lowest BCUT2D eigenvalue weighted by atomic mass is 10.3. The molecule has 2 N–H and O–H groups in total. The maximum atomic E-state index is 11.3. The van der Waals surface area contributed by atoms with Gasteiger partial charge in [0.05, 0.1) is 15.7 Å². The number of aromatic amines is 2. The summed E-state index contributed by atoms with van der Waals surface area (Å²) in [5.74, 6) is 0. The summed E-state index contributed by atoms with van der Waals surface area (Å²) in [6.45, 7) is 1.71. The van der Waals surface area contributed by atoms with Crippen molar-refractivity contribution in [2.24, 2.45) is 10.2 Å². The number of nitrogens with one attached hydrogen (secondary N) is 2. The first-order valence-electron chi connectivity index (χ1n) is 4.72. The summed E-state index contributed by atoms with van der Waals surface area (Å²) in [5, 5.41) is 13.5. The highest BCUT2D eigenvalue weighted by Gasteiger charge is 2.06. The number of nitrogens with zero attached hydrogens (tertiary/aromatic N) is 2. The van der Waals surface area contributed by atoms with E-state index in [-0.39, 0.29) is 11.2 Å². The first-order valence-corrected chi connectivity index (χ1v) is 5.48. The molecule has 0 aliphatic carbocycles. The molecule has 1 aromatic heterocycles. The van der Waals surface area contributed by atoms with Crippen molar-refractivity contribution in [1.82, 2.24) is 10.2 Å². The van der Waals surface area contributed by atoms with Crippen molar-refractivity contribution >= 4 is 34.6 Å². The fourth-order valence-electron chi connectivity index (χ4n) is 1.23. The first kappa shape index (κ1) is 11.9. The fraction of sp³-hybridized carbons (Fsp3) is 0.100. The molecule has 2 aromatic rings. The summed E-state index contributed by atoms with van der Waals surface area (Å²) in [5.41, 5.74) is 0.918. The van der Waals surface area contributed by atoms with Gasteiger partial charge in [0.1, 0.15) is 5.69 Å². The Hall–Kier alpha value is -1.59. The maximum Gasteiger partial charge on any atom is 0.291 e. The molecule has 17 heavy (non-hydrogen) atoms. The number of azo groups is 1. The van der Waals surface area contributed by atoms with Crippen LogP contribution in [0, 0.1) is 6.92 Å². The smallest absolute Gasteiger partial charge is 0.291 e. The van der Waals surface area contributed by atoms with Crippen LogP contribution in [0.2, 0.25) is 10.0 Å². The van der Waals surface area contributed by atoms with Crippen molar-refractivity contribution < 1.29 is 0 Å². The lowest BCUT2D eigenvalue weighted by Gasteiger charge is -1.97. The van der Waals surface area contributed by atoms with Gasteiger partial charge in [-0.05, 0) is 19.1 Å². The van der Waals surface area contributed by atoms with Crippen LogP contribution < -0.4 is 5.56 Å². The first-order chi connectivity index (χ1) is 8.09. The third kappa shape index (κ3) is 2.40. The van der Waals surface area contributed by atoms with Crippen LogP contribution in [0.25, 0.3) is 0 Å². The average molecular weight is 271 g/mol. The number of hydrogen-bond acceptors (Lipinski definition) is 3. The second-order valence-corrected chi connectivity index (χ2v) is 4.11. The summed E-state index contributed by atoms with van der Waals surface area (Å²) in [6, 6.07) is 5.02. The van der Waals surface area contributed by atoms with Crippen molar-refractivity contribution in [2.45, 2.75) is 6.92 Å². The zero-order valence-electron chi connectivity index (χ0n) is 8.79. The van der Waals surface area contributed by atoms with Crippen molar-refractivity contribution in [1.29, 1.82) is 0 Å². The molecule has 2 rings (SSSR count). The molecule has 0 spiro atoms. The molecular formula is C10H8Cl2N4O. The SMILES string of the molecule is Cc1[nH][nH]c(=O)c1N=Nc1cccc(Cl)c1Cl. The van der Waals surface area contributed by atoms with Crippen LogP contribution >= 0.6 is 23.2 Å². The van der Waals surface area contributed by atoms with Gasteiger partial charge in [0.15, 0.2) is 5.69 Å². The van der Waals surface area contributed by atoms with E-state index in [1.54, 1.807) is 25.1 Å². The van der Waals surface area contributed by atoms with E-state index in [4.69, 9.17) is 23.2 Å². The molecule has 88 valence electrons. The molecule has 0 atom stereocenters. The highest BCUT2D eigenvalue weighted by atomic mass is 35.5. The summed E-state index contributed by atoms with van der Waals surface area (Å²) in [4.78, 5) is 11.3. The lowest BCUT2D eigenvalue weighted by molar-refractivity contribution is 1.02. The molecule has 1 aromatic carbocycles. The standard InChI is InChI=1S/C10H8Cl2N4O/c1-5-9(10(17)16-13-5)15-14-7-4-2-3-6(11)8(7)12/h2-4H,1H3,(H2,13,16,17). The molecule has 0 aliphatic heterocycles. The Balaban J connectivity index is 2.39. The predicted molar refractivity (Wildman–Crippen MR) is 66.8 cm³/mol. The number of aromatic nitrogens is 2. The van der Waals surface area contributed by atoms with Crippen molar-refractivity contribution in [3.8, 4) is 0 Å². The van der Waals surface area contributed by atoms with E-state index in [1.165, 1.54) is 0 Å². The molecule has 5 nitrogen and oxygen atoms in total. The van der Waals surface area contributed by atoms with Gasteiger partial charge in [-0.2, -0.15) is 0 Å². The summed E-state index contributed by atoms with van der Waals surface area (Å²) < 4.78 is 0. The average Bonchev–Trinajstić information content (AvgIpc) is 2.62. The van der Waals surface area contributed by atoms with Gasteiger partial charge < -0.3 is 5.10 Å². The number of H-pyrrole nitrogens is 2. The Labute approximate surface area is 106 Å². The van der Waals surface area contributed by atoms with Crippen LogP contribution in [0.3, 0.4) is 0 Å². The Bertz CT molecular complexity index is 629. The van der Waals surface area contributed by atoms with Crippen LogP contribution in [-0.4, -0.2) is 10.2 Å². The van der Waals surface area contributed by atoms with E-state index in [9.17, 15) is 4.79 Å². The molecule has 1 heterocycles. The third-order valence-corrected chi connectivity index (χ3v) is 2.93. The Morgan fingerprint density at radius 2 is 1.94 bits per heavy atom. The Kier molecular flexibility index (Phi) is 3.31. The molecule has 0 amide bonds. The zero-order valence-corrected chi connectivity index (χ0v) is 10.3. The second-order valence-electron chi connectivity index (χ2n) is 3.33. The van der Waals surface area contributed by atoms with E-state index in [0.717, 1.165) is 0 Å². The van der Waals surface area contributed by atoms with Gasteiger partial charge in [0.25, 0.3) is 5.56 Å². The molecule has 0 saturated heterocycles. The molecule has 0 fully saturated rings. The van der Waals surface area contributed by atoms with Gasteiger partial charge in [-0.3, -0.25) is 9.89 Å². The number of aryl methyl sites for hydroxylation is 1. The molecule has 0 bridgehead atoms. The van der Waals surface area contributed by atoms with Crippen LogP contribution in [0.15, 0.2) is 33.2 Å². The van der Waals surface area contributed by atoms with E-state index in [1.807, 2.05) is 0 Å². The van der Waals surface area contributed by atoms with Crippen molar-refractivity contribution in [3.05, 3.63) is 44.3 Å². The molecule has 7 heteroatoms. The van der Waals surface area contributed by atoms with Crippen LogP contribution in [-0.2, 0) is 0 Å². The highest BCUT2D eigenvalue weighted by Crippen LogP contribution is 2.32. The predicted octanol–water partition coefficient (Wildman–Crippen LogP) is 3.73. The van der Waals surface area contributed by atoms with Crippen LogP contribution in [0.4, 0.5) is 11.4 Å². The highest BCUT2D eigenvalue weighted by molar-refractivity contribution is 6.43. The van der Waals surface area contributed by atoms with Crippen LogP contribution in [0.5, 0.6) is 0 Å². The number of benzene rings is 1. The van der Waals surface area contributed by atoms with Crippen molar-refractivity contribution in [2.75, 3.05) is 0 Å². The molecule has 0 saturated carbocycles.